The van der Waals surface area contributed by atoms with Crippen molar-refractivity contribution in [3.05, 3.63) is 5.82 Å². The molecule has 8 rings (SSSR count). The molecule has 0 spiro atoms. The molecule has 8 heterocycles. The Bertz CT molecular complexity index is 2970. The molecule has 104 heavy (non-hydrogen) atoms. The molecule has 7 N–H and O–H groups in total. The van der Waals surface area contributed by atoms with E-state index < -0.39 is 0 Å². The van der Waals surface area contributed by atoms with Crippen molar-refractivity contribution in [3.8, 4) is 0 Å². The number of hydrogen-bond donors (Lipinski definition) is 7. The minimum Gasteiger partial charge on any atom is -0.354 e. The third-order valence-corrected chi connectivity index (χ3v) is 23.0. The first-order valence-corrected chi connectivity index (χ1v) is 41.0. The van der Waals surface area contributed by atoms with E-state index in [2.05, 4.69) is 252 Å². The molecular formula is C81H153N23. The van der Waals surface area contributed by atoms with Gasteiger partial charge in [-0.2, -0.15) is 44.9 Å². The number of aryl methyl sites for hydroxylation is 1. The Hall–Kier alpha value is -4.81. The van der Waals surface area contributed by atoms with Gasteiger partial charge >= 0.3 is 0 Å². The summed E-state index contributed by atoms with van der Waals surface area (Å²) >= 11 is 0. The molecule has 0 aromatic carbocycles. The summed E-state index contributed by atoms with van der Waals surface area (Å²) in [5.41, 5.74) is -0.205. The van der Waals surface area contributed by atoms with E-state index >= 15 is 0 Å². The maximum Gasteiger partial charge on any atom is 0.231 e. The van der Waals surface area contributed by atoms with Crippen molar-refractivity contribution < 1.29 is 0 Å². The molecule has 3 aromatic heterocycles. The van der Waals surface area contributed by atoms with Crippen LogP contribution in [0.3, 0.4) is 0 Å². The van der Waals surface area contributed by atoms with Gasteiger partial charge < -0.3 is 71.5 Å². The number of unbranched alkanes of at least 4 members (excludes halogenated alkanes) is 11. The van der Waals surface area contributed by atoms with E-state index in [9.17, 15) is 0 Å². The van der Waals surface area contributed by atoms with Gasteiger partial charge in [0.2, 0.25) is 47.6 Å². The fourth-order valence-electron chi connectivity index (χ4n) is 19.7. The van der Waals surface area contributed by atoms with Gasteiger partial charge in [0, 0.05) is 154 Å². The quantitative estimate of drug-likeness (QED) is 0.0269. The van der Waals surface area contributed by atoms with E-state index in [4.69, 9.17) is 44.9 Å². The highest BCUT2D eigenvalue weighted by atomic mass is 15.4. The molecule has 23 nitrogen and oxygen atoms in total. The topological polar surface area (TPSA) is 223 Å². The van der Waals surface area contributed by atoms with Gasteiger partial charge in [0.05, 0.1) is 0 Å². The van der Waals surface area contributed by atoms with Crippen LogP contribution >= 0.6 is 0 Å². The summed E-state index contributed by atoms with van der Waals surface area (Å²) < 4.78 is 0. The summed E-state index contributed by atoms with van der Waals surface area (Å²) in [5.74, 6) is 6.81. The molecule has 0 aliphatic carbocycles. The molecule has 5 fully saturated rings. The largest absolute Gasteiger partial charge is 0.354 e. The molecular weight excluding hydrogens is 1300 g/mol. The van der Waals surface area contributed by atoms with Gasteiger partial charge in [0.15, 0.2) is 0 Å². The Labute approximate surface area is 633 Å². The molecule has 3 aromatic rings. The number of nitrogens with one attached hydrogen (secondary N) is 7. The van der Waals surface area contributed by atoms with Crippen molar-refractivity contribution in [2.24, 2.45) is 0 Å². The third-order valence-electron chi connectivity index (χ3n) is 23.0. The second-order valence-electron chi connectivity index (χ2n) is 39.8. The van der Waals surface area contributed by atoms with Gasteiger partial charge in [-0.25, -0.2) is 0 Å². The Morgan fingerprint density at radius 3 is 0.750 bits per heavy atom. The lowest BCUT2D eigenvalue weighted by molar-refractivity contribution is 0.159. The van der Waals surface area contributed by atoms with Gasteiger partial charge in [0.25, 0.3) is 0 Å². The molecule has 5 saturated heterocycles. The van der Waals surface area contributed by atoms with Crippen LogP contribution in [0.4, 0.5) is 47.6 Å². The van der Waals surface area contributed by atoms with E-state index in [1.807, 2.05) is 6.92 Å². The van der Waals surface area contributed by atoms with Crippen LogP contribution in [0.25, 0.3) is 0 Å². The zero-order valence-electron chi connectivity index (χ0n) is 71.3. The van der Waals surface area contributed by atoms with Gasteiger partial charge in [0.1, 0.15) is 5.82 Å². The predicted molar refractivity (Wildman–Crippen MR) is 439 cm³/mol. The van der Waals surface area contributed by atoms with Crippen LogP contribution in [-0.4, -0.2) is 212 Å². The van der Waals surface area contributed by atoms with Crippen molar-refractivity contribution in [3.63, 3.8) is 0 Å². The lowest BCUT2D eigenvalue weighted by Crippen LogP contribution is -2.62. The van der Waals surface area contributed by atoms with Crippen LogP contribution in [0.2, 0.25) is 0 Å². The maximum absolute atomic E-state index is 5.53. The van der Waals surface area contributed by atoms with Crippen LogP contribution in [0, 0.1) is 6.92 Å². The smallest absolute Gasteiger partial charge is 0.231 e. The molecule has 592 valence electrons. The lowest BCUT2D eigenvalue weighted by Gasteiger charge is -2.49. The standard InChI is InChI=1S/C81H153N23/c1-58-84-64(86-65(85-58)98(23)59-48-72(2,3)93-73(4,5)49-59)83-43-37-35-41-47-104(71-91-68(101(26)62-54-78(14,15)96-79(16,17)55-62)88-69(92-71)102(27)63-56-80(18,19)97-81(20,21)57-63)45-39-33-30-28-29-32-38-44-103(46-40-34-31-36-42-82-22)70-89-66(99(24)60-50-74(6,7)94-75(8,9)51-60)87-67(90-70)100(25)61-52-76(10,11)95-77(12,13)53-61/h59-63,82,93-97H,28-57H2,1-27H3,(H,83,84,85,86). The first kappa shape index (κ1) is 84.8. The molecule has 0 saturated carbocycles. The lowest BCUT2D eigenvalue weighted by atomic mass is 9.79. The van der Waals surface area contributed by atoms with Crippen LogP contribution in [-0.2, 0) is 0 Å². The summed E-state index contributed by atoms with van der Waals surface area (Å²) in [7, 11) is 13.1. The average molecular weight is 1450 g/mol. The first-order chi connectivity index (χ1) is 48.2. The van der Waals surface area contributed by atoms with Crippen molar-refractivity contribution >= 4 is 47.6 Å². The summed E-state index contributed by atoms with van der Waals surface area (Å²) in [4.78, 5) is 64.4. The van der Waals surface area contributed by atoms with Crippen molar-refractivity contribution in [2.45, 2.75) is 385 Å². The number of anilines is 8. The summed E-state index contributed by atoms with van der Waals surface area (Å²) in [6, 6.07) is 1.37. The second-order valence-corrected chi connectivity index (χ2v) is 39.8. The molecule has 23 heteroatoms. The SMILES string of the molecule is CNCCCCCCN(CCCCCCCCCN(CCCCCNc1nc(C)nc(N(C)C2CC(C)(C)NC(C)(C)C2)n1)c1nc(N(C)C2CC(C)(C)NC(C)(C)C2)nc(N(C)C2CC(C)(C)NC(C)(C)C2)n1)c1nc(N(C)C2CC(C)(C)NC(C)(C)C2)nc(N(C)C2CC(C)(C)NC(C)(C)C2)n1. The Balaban J connectivity index is 0.977. The number of nitrogens with zero attached hydrogens (tertiary/aromatic N) is 16. The monoisotopic (exact) mass is 1450 g/mol. The molecule has 0 atom stereocenters. The highest BCUT2D eigenvalue weighted by Crippen LogP contribution is 2.40. The van der Waals surface area contributed by atoms with Crippen LogP contribution < -0.4 is 71.5 Å². The molecule has 5 aliphatic rings. The fourth-order valence-corrected chi connectivity index (χ4v) is 19.7. The van der Waals surface area contributed by atoms with Crippen molar-refractivity contribution in [1.82, 2.24) is 76.8 Å². The van der Waals surface area contributed by atoms with E-state index in [1.165, 1.54) is 38.5 Å². The summed E-state index contributed by atoms with van der Waals surface area (Å²) in [5, 5.41) is 26.5. The van der Waals surface area contributed by atoms with Gasteiger partial charge in [-0.1, -0.05) is 44.9 Å². The first-order valence-electron chi connectivity index (χ1n) is 41.0. The Kier molecular flexibility index (Phi) is 28.1. The summed E-state index contributed by atoms with van der Waals surface area (Å²) in [6.07, 6.45) is 25.8. The van der Waals surface area contributed by atoms with Crippen LogP contribution in [0.5, 0.6) is 0 Å². The predicted octanol–water partition coefficient (Wildman–Crippen LogP) is 13.4. The molecule has 5 aliphatic heterocycles. The highest BCUT2D eigenvalue weighted by Gasteiger charge is 2.46. The minimum atomic E-state index is -0.0398. The maximum atomic E-state index is 5.53. The highest BCUT2D eigenvalue weighted by molar-refractivity contribution is 5.50. The van der Waals surface area contributed by atoms with E-state index in [-0.39, 0.29) is 79.6 Å². The van der Waals surface area contributed by atoms with Gasteiger partial charge in [-0.05, 0) is 268 Å². The number of aromatic nitrogens is 9. The second kappa shape index (κ2) is 34.4. The molecule has 0 radical (unpaired) electrons. The fraction of sp³-hybridized carbons (Fsp3) is 0.889. The van der Waals surface area contributed by atoms with Gasteiger partial charge in [-0.15, -0.1) is 0 Å². The van der Waals surface area contributed by atoms with E-state index in [0.29, 0.717) is 12.0 Å². The van der Waals surface area contributed by atoms with E-state index in [0.717, 1.165) is 202 Å². The zero-order valence-corrected chi connectivity index (χ0v) is 71.3. The molecule has 0 bridgehead atoms. The van der Waals surface area contributed by atoms with Crippen molar-refractivity contribution in [2.75, 3.05) is 121 Å². The summed E-state index contributed by atoms with van der Waals surface area (Å²) in [6.45, 7) is 54.0. The number of piperidine rings is 5. The van der Waals surface area contributed by atoms with Crippen LogP contribution in [0.1, 0.15) is 298 Å². The number of rotatable bonds is 36. The Morgan fingerprint density at radius 2 is 0.490 bits per heavy atom. The average Bonchev–Trinajstić information content (AvgIpc) is 0.788. The van der Waals surface area contributed by atoms with Gasteiger partial charge in [-0.3, -0.25) is 0 Å². The normalized spacial score (nSPS) is 22.0. The van der Waals surface area contributed by atoms with Crippen molar-refractivity contribution in [1.29, 1.82) is 0 Å². The molecule has 0 amide bonds. The zero-order chi connectivity index (χ0) is 76.7. The number of hydrogen-bond acceptors (Lipinski definition) is 23. The third kappa shape index (κ3) is 25.4. The minimum absolute atomic E-state index is 0.0127. The van der Waals surface area contributed by atoms with E-state index in [1.54, 1.807) is 0 Å². The molecule has 0 unspecified atom stereocenters. The Morgan fingerprint density at radius 1 is 0.279 bits per heavy atom. The van der Waals surface area contributed by atoms with Crippen LogP contribution in [0.15, 0.2) is 0 Å².